The number of carbonyl (C=O) groups is 2. The molecule has 3 aliphatic carbocycles. The van der Waals surface area contributed by atoms with Crippen molar-refractivity contribution in [3.8, 4) is 0 Å². The Bertz CT molecular complexity index is 1350. The van der Waals surface area contributed by atoms with Gasteiger partial charge >= 0.3 is 11.9 Å². The Morgan fingerprint density at radius 3 is 2.25 bits per heavy atom. The van der Waals surface area contributed by atoms with E-state index in [1.54, 1.807) is 6.08 Å². The van der Waals surface area contributed by atoms with Crippen molar-refractivity contribution in [2.75, 3.05) is 6.61 Å². The first-order chi connectivity index (χ1) is 22.8. The molecule has 10 nitrogen and oxygen atoms in total. The fraction of sp³-hybridized carbons (Fsp3) is 0.842. The molecule has 6 fully saturated rings. The first-order valence-corrected chi connectivity index (χ1v) is 18.6. The van der Waals surface area contributed by atoms with Crippen LogP contribution in [0.4, 0.5) is 0 Å². The van der Waals surface area contributed by atoms with Crippen LogP contribution >= 0.6 is 0 Å². The summed E-state index contributed by atoms with van der Waals surface area (Å²) in [5.74, 6) is -6.07. The number of carbonyl (C=O) groups excluding carboxylic acids is 2. The zero-order valence-electron chi connectivity index (χ0n) is 29.3. The molecule has 0 aromatic carbocycles. The molecule has 2 spiro atoms. The van der Waals surface area contributed by atoms with Crippen molar-refractivity contribution < 1.29 is 48.6 Å². The number of ketones is 1. The van der Waals surface area contributed by atoms with Crippen LogP contribution in [0.1, 0.15) is 105 Å². The van der Waals surface area contributed by atoms with Crippen LogP contribution in [0.25, 0.3) is 0 Å². The summed E-state index contributed by atoms with van der Waals surface area (Å²) >= 11 is 0. The predicted molar refractivity (Wildman–Crippen MR) is 174 cm³/mol. The van der Waals surface area contributed by atoms with Crippen LogP contribution in [0.2, 0.25) is 0 Å². The Balaban J connectivity index is 1.47. The van der Waals surface area contributed by atoms with Gasteiger partial charge in [0.15, 0.2) is 17.0 Å². The molecular weight excluding hydrogens is 616 g/mol. The van der Waals surface area contributed by atoms with Gasteiger partial charge in [0.05, 0.1) is 12.2 Å². The molecule has 268 valence electrons. The van der Waals surface area contributed by atoms with Crippen molar-refractivity contribution >= 4 is 11.8 Å². The van der Waals surface area contributed by atoms with Gasteiger partial charge in [-0.3, -0.25) is 9.59 Å². The third-order valence-corrected chi connectivity index (χ3v) is 13.7. The maximum atomic E-state index is 14.6. The highest BCUT2D eigenvalue weighted by Gasteiger charge is 2.91. The van der Waals surface area contributed by atoms with E-state index < -0.39 is 101 Å². The maximum Gasteiger partial charge on any atom is 0.306 e. The number of rotatable bonds is 3. The van der Waals surface area contributed by atoms with E-state index in [1.807, 2.05) is 26.8 Å². The van der Waals surface area contributed by atoms with Gasteiger partial charge in [-0.1, -0.05) is 91.2 Å². The van der Waals surface area contributed by atoms with Crippen LogP contribution in [0, 0.1) is 35.5 Å². The first-order valence-electron chi connectivity index (χ1n) is 18.6. The van der Waals surface area contributed by atoms with E-state index in [2.05, 4.69) is 13.5 Å². The van der Waals surface area contributed by atoms with Crippen molar-refractivity contribution in [3.05, 3.63) is 24.3 Å². The standard InChI is InChI=1S/C38H56O10/c1-21(2)37-30(44-25(6)40)24(5)38-27-31-34(20-39,45-31)33(42)36(43)28(38)26(23(4)29(36)41)22(3)18-16-14-12-10-8-7-9-11-13-15-17-19-35(47-37,48-38)46-32(27)37/h17,19,22-24,26-28,30-33,39,42-43H,1,7-16,18,20H2,2-6H3/b19-17+/t22-,23-,24+,26-,27-,28+,30+,31-,32+,33+,34-,35+,36+,37+,38+/m0/s1. The summed E-state index contributed by atoms with van der Waals surface area (Å²) < 4.78 is 33.6. The number of epoxide rings is 1. The molecule has 0 unspecified atom stereocenters. The molecule has 3 bridgehead atoms. The molecule has 0 radical (unpaired) electrons. The summed E-state index contributed by atoms with van der Waals surface area (Å²) in [7, 11) is 0. The summed E-state index contributed by atoms with van der Waals surface area (Å²) in [6.45, 7) is 12.8. The normalized spacial score (nSPS) is 53.9. The highest BCUT2D eigenvalue weighted by Crippen LogP contribution is 2.75. The van der Waals surface area contributed by atoms with E-state index in [9.17, 15) is 24.9 Å². The number of esters is 1. The van der Waals surface area contributed by atoms with Crippen LogP contribution < -0.4 is 0 Å². The van der Waals surface area contributed by atoms with Crippen LogP contribution in [0.3, 0.4) is 0 Å². The molecular formula is C38H56O10. The van der Waals surface area contributed by atoms with Gasteiger partial charge in [-0.2, -0.15) is 0 Å². The fourth-order valence-corrected chi connectivity index (χ4v) is 11.6. The lowest BCUT2D eigenvalue weighted by molar-refractivity contribution is -0.414. The molecule has 15 atom stereocenters. The number of hydrogen-bond acceptors (Lipinski definition) is 10. The van der Waals surface area contributed by atoms with Crippen LogP contribution in [-0.4, -0.2) is 86.5 Å². The third kappa shape index (κ3) is 4.48. The quantitative estimate of drug-likeness (QED) is 0.222. The van der Waals surface area contributed by atoms with E-state index in [1.165, 1.54) is 32.6 Å². The number of Topliss-reactive ketones (excluding diaryl/α,β-unsaturated/α-hetero) is 1. The number of ether oxygens (including phenoxy) is 5. The highest BCUT2D eigenvalue weighted by molar-refractivity contribution is 5.93. The predicted octanol–water partition coefficient (Wildman–Crippen LogP) is 4.52. The second-order valence-corrected chi connectivity index (χ2v) is 16.3. The largest absolute Gasteiger partial charge is 0.459 e. The molecule has 3 saturated carbocycles. The molecule has 7 aliphatic rings. The second-order valence-electron chi connectivity index (χ2n) is 16.3. The molecule has 48 heavy (non-hydrogen) atoms. The summed E-state index contributed by atoms with van der Waals surface area (Å²) in [5.41, 5.74) is -6.15. The smallest absolute Gasteiger partial charge is 0.306 e. The highest BCUT2D eigenvalue weighted by atomic mass is 16.9. The number of aliphatic hydroxyl groups excluding tert-OH is 2. The van der Waals surface area contributed by atoms with Crippen LogP contribution in [-0.2, 0) is 33.3 Å². The van der Waals surface area contributed by atoms with E-state index in [0.29, 0.717) is 5.57 Å². The van der Waals surface area contributed by atoms with Crippen molar-refractivity contribution in [2.45, 2.75) is 158 Å². The van der Waals surface area contributed by atoms with Crippen molar-refractivity contribution in [1.29, 1.82) is 0 Å². The van der Waals surface area contributed by atoms with E-state index in [0.717, 1.165) is 44.9 Å². The van der Waals surface area contributed by atoms with Gasteiger partial charge < -0.3 is 39.0 Å². The van der Waals surface area contributed by atoms with E-state index in [-0.39, 0.29) is 5.92 Å². The molecule has 0 amide bonds. The minimum atomic E-state index is -2.32. The summed E-state index contributed by atoms with van der Waals surface area (Å²) in [4.78, 5) is 27.5. The zero-order chi connectivity index (χ0) is 34.4. The van der Waals surface area contributed by atoms with Gasteiger partial charge in [0.2, 0.25) is 0 Å². The number of allylic oxidation sites excluding steroid dienone is 1. The van der Waals surface area contributed by atoms with Gasteiger partial charge in [0.1, 0.15) is 30.0 Å². The molecule has 4 aliphatic heterocycles. The van der Waals surface area contributed by atoms with Gasteiger partial charge in [-0.15, -0.1) is 0 Å². The van der Waals surface area contributed by atoms with E-state index in [4.69, 9.17) is 23.7 Å². The Morgan fingerprint density at radius 1 is 0.979 bits per heavy atom. The maximum absolute atomic E-state index is 14.6. The Kier molecular flexibility index (Phi) is 8.66. The van der Waals surface area contributed by atoms with Gasteiger partial charge in [0.25, 0.3) is 0 Å². The molecule has 0 aromatic heterocycles. The van der Waals surface area contributed by atoms with Crippen molar-refractivity contribution in [2.24, 2.45) is 35.5 Å². The lowest BCUT2D eigenvalue weighted by atomic mass is 9.50. The second kappa shape index (κ2) is 12.0. The van der Waals surface area contributed by atoms with Crippen LogP contribution in [0.15, 0.2) is 24.3 Å². The first kappa shape index (κ1) is 34.8. The third-order valence-electron chi connectivity index (χ3n) is 13.7. The molecule has 10 heteroatoms. The lowest BCUT2D eigenvalue weighted by Gasteiger charge is -2.62. The van der Waals surface area contributed by atoms with Gasteiger partial charge in [-0.25, -0.2) is 0 Å². The van der Waals surface area contributed by atoms with Crippen LogP contribution in [0.5, 0.6) is 0 Å². The Hall–Kier alpha value is -1.66. The summed E-state index contributed by atoms with van der Waals surface area (Å²) in [6.07, 6.45) is 11.3. The fourth-order valence-electron chi connectivity index (χ4n) is 11.6. The molecule has 7 rings (SSSR count). The Morgan fingerprint density at radius 2 is 1.62 bits per heavy atom. The molecule has 3 N–H and O–H groups in total. The molecule has 0 aromatic rings. The molecule has 4 heterocycles. The minimum absolute atomic E-state index is 0.0172. The molecule has 3 saturated heterocycles. The van der Waals surface area contributed by atoms with Crippen molar-refractivity contribution in [3.63, 3.8) is 0 Å². The average Bonchev–Trinajstić information content (AvgIpc) is 3.68. The number of fused-ring (bicyclic) bond motifs is 1. The average molecular weight is 673 g/mol. The van der Waals surface area contributed by atoms with Gasteiger partial charge in [0, 0.05) is 36.7 Å². The lowest BCUT2D eigenvalue weighted by Crippen LogP contribution is -2.77. The van der Waals surface area contributed by atoms with Gasteiger partial charge in [-0.05, 0) is 37.2 Å². The van der Waals surface area contributed by atoms with Crippen molar-refractivity contribution in [1.82, 2.24) is 0 Å². The SMILES string of the molecule is C=C(C)[C@]12O[C@@]34/C=C/CCCCCCCCCCC[C@H](C)[C@H]5[C@H](C)C(=O)[C@@]6(O)[C@H](O)[C@@]7(CO)O[C@H]7[C@@H]([C@H]1O3)[C@](O4)([C@H](C)[C@H]2OC(C)=O)[C@H]56. The number of aliphatic hydroxyl groups is 3. The zero-order valence-corrected chi connectivity index (χ0v) is 29.3. The monoisotopic (exact) mass is 672 g/mol. The number of hydrogen-bond donors (Lipinski definition) is 3. The Labute approximate surface area is 284 Å². The topological polar surface area (TPSA) is 144 Å². The summed E-state index contributed by atoms with van der Waals surface area (Å²) in [5, 5.41) is 36.1. The minimum Gasteiger partial charge on any atom is -0.459 e. The van der Waals surface area contributed by atoms with E-state index >= 15 is 0 Å². The summed E-state index contributed by atoms with van der Waals surface area (Å²) in [6, 6.07) is 0.